The van der Waals surface area contributed by atoms with Crippen LogP contribution in [-0.4, -0.2) is 36.7 Å². The number of nitrogen functional groups attached to an aromatic ring is 1. The summed E-state index contributed by atoms with van der Waals surface area (Å²) in [7, 11) is 0. The van der Waals surface area contributed by atoms with Crippen LogP contribution in [0.1, 0.15) is 20.7 Å². The number of H-pyrrole nitrogens is 2. The van der Waals surface area contributed by atoms with Crippen LogP contribution in [0.15, 0.2) is 72.8 Å². The Bertz CT molecular complexity index is 2090. The molecule has 9 nitrogen and oxygen atoms in total. The number of nitrogens with two attached hydrogens (primary N) is 1. The molecule has 0 saturated heterocycles. The lowest BCUT2D eigenvalue weighted by Crippen LogP contribution is -2.34. The number of hydrogen-bond acceptors (Lipinski definition) is 6. The number of aromatic amines is 2. The van der Waals surface area contributed by atoms with Gasteiger partial charge in [-0.3, -0.25) is 25.1 Å². The van der Waals surface area contributed by atoms with E-state index in [9.17, 15) is 27.2 Å². The first-order chi connectivity index (χ1) is 21.8. The standard InChI is InChI=1S/C15H9ClF2N4OS.C7H3ClF2O.C7H6ClN3/c16-8-2-3-9-12(6-8)21-22-13(9)19-15(24)20-14(23)7-1-4-10(17)11(18)5-7;8-7(11)4-1-2-5(9)6(10)3-4;8-4-1-2-5-6(3-4)10-11-7(5)9/h1-6H,(H3,19,20,21,22,23,24);1-3H;1-3H,(H3,9,10,11). The molecule has 6 aromatic rings. The van der Waals surface area contributed by atoms with E-state index in [0.29, 0.717) is 27.2 Å². The number of nitrogens with zero attached hydrogens (tertiary/aromatic N) is 2. The average molecular weight is 711 g/mol. The molecule has 4 aromatic carbocycles. The second-order valence-electron chi connectivity index (χ2n) is 9.00. The first-order valence-electron chi connectivity index (χ1n) is 12.6. The Hall–Kier alpha value is -4.76. The minimum absolute atomic E-state index is 0.0342. The third-order valence-electron chi connectivity index (χ3n) is 5.87. The van der Waals surface area contributed by atoms with Gasteiger partial charge in [0.05, 0.1) is 11.0 Å². The van der Waals surface area contributed by atoms with Crippen LogP contribution in [0.4, 0.5) is 29.2 Å². The first-order valence-corrected chi connectivity index (χ1v) is 14.1. The molecule has 0 unspecified atom stereocenters. The number of carbonyl (C=O) groups is 2. The molecule has 0 atom stereocenters. The van der Waals surface area contributed by atoms with Crippen LogP contribution < -0.4 is 16.4 Å². The number of fused-ring (bicyclic) bond motifs is 2. The second-order valence-corrected chi connectivity index (χ2v) is 10.6. The van der Waals surface area contributed by atoms with Gasteiger partial charge in [-0.05, 0) is 96.6 Å². The lowest BCUT2D eigenvalue weighted by Gasteiger charge is -2.08. The summed E-state index contributed by atoms with van der Waals surface area (Å²) in [5.74, 6) is -3.98. The zero-order chi connectivity index (χ0) is 33.5. The molecule has 1 amide bonds. The van der Waals surface area contributed by atoms with E-state index in [1.807, 2.05) is 6.07 Å². The van der Waals surface area contributed by atoms with E-state index in [4.69, 9.17) is 52.8 Å². The molecule has 0 radical (unpaired) electrons. The normalized spacial score (nSPS) is 10.4. The maximum absolute atomic E-state index is 13.2. The Labute approximate surface area is 277 Å². The topological polar surface area (TPSA) is 142 Å². The predicted molar refractivity (Wildman–Crippen MR) is 173 cm³/mol. The van der Waals surface area contributed by atoms with Gasteiger partial charge >= 0.3 is 0 Å². The lowest BCUT2D eigenvalue weighted by molar-refractivity contribution is 0.0976. The summed E-state index contributed by atoms with van der Waals surface area (Å²) < 4.78 is 50.6. The van der Waals surface area contributed by atoms with Crippen LogP contribution in [0.2, 0.25) is 10.0 Å². The van der Waals surface area contributed by atoms with Gasteiger partial charge in [-0.15, -0.1) is 0 Å². The van der Waals surface area contributed by atoms with E-state index in [1.165, 1.54) is 0 Å². The van der Waals surface area contributed by atoms with E-state index in [2.05, 4.69) is 31.0 Å². The number of anilines is 2. The summed E-state index contributed by atoms with van der Waals surface area (Å²) in [5, 5.41) is 20.6. The van der Waals surface area contributed by atoms with Gasteiger partial charge in [0, 0.05) is 31.9 Å². The molecule has 2 aromatic heterocycles. The van der Waals surface area contributed by atoms with Gasteiger partial charge in [0.2, 0.25) is 0 Å². The minimum Gasteiger partial charge on any atom is -0.382 e. The monoisotopic (exact) mass is 709 g/mol. The van der Waals surface area contributed by atoms with Crippen LogP contribution in [0.25, 0.3) is 21.8 Å². The van der Waals surface area contributed by atoms with Crippen molar-refractivity contribution >= 4 is 96.7 Å². The summed E-state index contributed by atoms with van der Waals surface area (Å²) in [4.78, 5) is 22.4. The predicted octanol–water partition coefficient (Wildman–Crippen LogP) is 7.76. The summed E-state index contributed by atoms with van der Waals surface area (Å²) in [6.07, 6.45) is 0. The Kier molecular flexibility index (Phi) is 11.1. The fraction of sp³-hybridized carbons (Fsp3) is 0. The smallest absolute Gasteiger partial charge is 0.257 e. The molecule has 17 heteroatoms. The number of hydrogen-bond donors (Lipinski definition) is 5. The van der Waals surface area contributed by atoms with E-state index in [1.54, 1.807) is 30.3 Å². The summed E-state index contributed by atoms with van der Waals surface area (Å²) in [5.41, 5.74) is 7.00. The second kappa shape index (κ2) is 15.0. The molecule has 2 heterocycles. The average Bonchev–Trinajstić information content (AvgIpc) is 3.58. The molecular weight excluding hydrogens is 693 g/mol. The van der Waals surface area contributed by atoms with E-state index >= 15 is 0 Å². The largest absolute Gasteiger partial charge is 0.382 e. The summed E-state index contributed by atoms with van der Waals surface area (Å²) in [6.45, 7) is 0. The lowest BCUT2D eigenvalue weighted by atomic mass is 10.2. The van der Waals surface area contributed by atoms with Crippen LogP contribution in [0, 0.1) is 23.3 Å². The van der Waals surface area contributed by atoms with Crippen molar-refractivity contribution in [3.8, 4) is 0 Å². The zero-order valence-electron chi connectivity index (χ0n) is 22.8. The van der Waals surface area contributed by atoms with Gasteiger partial charge in [0.25, 0.3) is 11.1 Å². The molecule has 236 valence electrons. The number of rotatable bonds is 3. The third-order valence-corrected chi connectivity index (χ3v) is 6.76. The Balaban J connectivity index is 0.000000180. The molecule has 0 aliphatic heterocycles. The molecule has 0 fully saturated rings. The van der Waals surface area contributed by atoms with Crippen LogP contribution in [0.5, 0.6) is 0 Å². The number of amides is 1. The number of carbonyl (C=O) groups excluding carboxylic acids is 2. The highest BCUT2D eigenvalue weighted by Crippen LogP contribution is 2.24. The molecule has 6 N–H and O–H groups in total. The highest BCUT2D eigenvalue weighted by Gasteiger charge is 2.13. The molecular formula is C29H18Cl3F4N7O2S. The molecule has 0 spiro atoms. The quantitative estimate of drug-likeness (QED) is 0.0718. The summed E-state index contributed by atoms with van der Waals surface area (Å²) >= 11 is 21.7. The van der Waals surface area contributed by atoms with Gasteiger partial charge in [-0.1, -0.05) is 23.2 Å². The van der Waals surface area contributed by atoms with E-state index < -0.39 is 34.4 Å². The van der Waals surface area contributed by atoms with Crippen molar-refractivity contribution in [2.75, 3.05) is 11.1 Å². The number of benzene rings is 4. The molecule has 6 rings (SSSR count). The van der Waals surface area contributed by atoms with Gasteiger partial charge in [0.1, 0.15) is 0 Å². The van der Waals surface area contributed by atoms with E-state index in [0.717, 1.165) is 52.7 Å². The van der Waals surface area contributed by atoms with Crippen molar-refractivity contribution in [1.82, 2.24) is 25.7 Å². The molecule has 0 saturated carbocycles. The number of aromatic nitrogens is 4. The van der Waals surface area contributed by atoms with Crippen molar-refractivity contribution in [2.24, 2.45) is 0 Å². The van der Waals surface area contributed by atoms with Gasteiger partial charge < -0.3 is 11.1 Å². The van der Waals surface area contributed by atoms with Gasteiger partial charge in [-0.2, -0.15) is 10.2 Å². The fourth-order valence-electron chi connectivity index (χ4n) is 3.67. The van der Waals surface area contributed by atoms with Crippen molar-refractivity contribution in [2.45, 2.75) is 0 Å². The Morgan fingerprint density at radius 3 is 1.83 bits per heavy atom. The zero-order valence-corrected chi connectivity index (χ0v) is 25.9. The molecule has 46 heavy (non-hydrogen) atoms. The Morgan fingerprint density at radius 2 is 1.24 bits per heavy atom. The van der Waals surface area contributed by atoms with Crippen LogP contribution >= 0.6 is 47.0 Å². The highest BCUT2D eigenvalue weighted by atomic mass is 35.5. The number of thiocarbonyl (C=S) groups is 1. The van der Waals surface area contributed by atoms with Crippen molar-refractivity contribution in [1.29, 1.82) is 0 Å². The number of halogens is 7. The minimum atomic E-state index is -1.11. The maximum atomic E-state index is 13.2. The maximum Gasteiger partial charge on any atom is 0.257 e. The van der Waals surface area contributed by atoms with Crippen LogP contribution in [-0.2, 0) is 0 Å². The molecule has 0 aliphatic carbocycles. The SMILES string of the molecule is Nc1n[nH]c2cc(Cl)ccc12.O=C(Cl)c1ccc(F)c(F)c1.O=C(NC(=S)Nc1n[nH]c2cc(Cl)ccc12)c1ccc(F)c(F)c1. The summed E-state index contributed by atoms with van der Waals surface area (Å²) in [6, 6.07) is 16.1. The number of nitrogens with one attached hydrogen (secondary N) is 4. The van der Waals surface area contributed by atoms with Gasteiger partial charge in [-0.25, -0.2) is 17.6 Å². The van der Waals surface area contributed by atoms with Crippen molar-refractivity contribution in [3.63, 3.8) is 0 Å². The highest BCUT2D eigenvalue weighted by molar-refractivity contribution is 7.80. The van der Waals surface area contributed by atoms with Crippen molar-refractivity contribution < 1.29 is 27.2 Å². The molecule has 0 bridgehead atoms. The first kappa shape index (κ1) is 34.1. The van der Waals surface area contributed by atoms with E-state index in [-0.39, 0.29) is 16.2 Å². The molecule has 0 aliphatic rings. The van der Waals surface area contributed by atoms with Gasteiger partial charge in [0.15, 0.2) is 40.0 Å². The Morgan fingerprint density at radius 1 is 0.717 bits per heavy atom. The van der Waals surface area contributed by atoms with Crippen LogP contribution in [0.3, 0.4) is 0 Å². The third kappa shape index (κ3) is 8.69. The van der Waals surface area contributed by atoms with Crippen molar-refractivity contribution in [3.05, 3.63) is 117 Å². The fourth-order valence-corrected chi connectivity index (χ4v) is 4.32.